The second-order valence-corrected chi connectivity index (χ2v) is 7.61. The maximum absolute atomic E-state index is 5.84. The van der Waals surface area contributed by atoms with Gasteiger partial charge in [-0.3, -0.25) is 9.89 Å². The van der Waals surface area contributed by atoms with Gasteiger partial charge in [0.1, 0.15) is 5.15 Å². The summed E-state index contributed by atoms with van der Waals surface area (Å²) in [6, 6.07) is 13.0. The first-order valence-corrected chi connectivity index (χ1v) is 10.5. The molecule has 0 saturated heterocycles. The molecule has 0 amide bonds. The Morgan fingerprint density at radius 3 is 2.79 bits per heavy atom. The standard InChI is InChI=1S/C22H30ClN5/c1-3-24-22(25-12-10-18-8-9-21(23)26-15-18)27-14-17(2)28-13-11-19-6-4-5-7-20(19)16-28/h4-9,15,17H,3,10-14,16H2,1-2H3,(H2,24,25,27). The molecule has 2 heterocycles. The van der Waals surface area contributed by atoms with Crippen LogP contribution in [-0.2, 0) is 19.4 Å². The Kier molecular flexibility index (Phi) is 7.69. The zero-order valence-electron chi connectivity index (χ0n) is 16.8. The highest BCUT2D eigenvalue weighted by atomic mass is 35.5. The second kappa shape index (κ2) is 10.4. The van der Waals surface area contributed by atoms with Crippen LogP contribution in [0.1, 0.15) is 30.5 Å². The van der Waals surface area contributed by atoms with Crippen LogP contribution < -0.4 is 10.6 Å². The maximum Gasteiger partial charge on any atom is 0.191 e. The van der Waals surface area contributed by atoms with Gasteiger partial charge in [-0.15, -0.1) is 0 Å². The first-order chi connectivity index (χ1) is 13.7. The average Bonchev–Trinajstić information content (AvgIpc) is 2.72. The molecule has 1 aromatic heterocycles. The van der Waals surface area contributed by atoms with Crippen LogP contribution in [0.15, 0.2) is 47.6 Å². The highest BCUT2D eigenvalue weighted by molar-refractivity contribution is 6.29. The number of guanidine groups is 1. The van der Waals surface area contributed by atoms with Gasteiger partial charge in [-0.05, 0) is 49.4 Å². The number of aliphatic imine (C=N–C) groups is 1. The molecule has 1 aromatic carbocycles. The molecule has 150 valence electrons. The van der Waals surface area contributed by atoms with E-state index in [-0.39, 0.29) is 0 Å². The molecule has 0 spiro atoms. The Morgan fingerprint density at radius 2 is 2.04 bits per heavy atom. The van der Waals surface area contributed by atoms with E-state index in [1.165, 1.54) is 11.1 Å². The zero-order chi connectivity index (χ0) is 19.8. The quantitative estimate of drug-likeness (QED) is 0.426. The van der Waals surface area contributed by atoms with Crippen LogP contribution in [0, 0.1) is 0 Å². The van der Waals surface area contributed by atoms with Gasteiger partial charge in [0.2, 0.25) is 0 Å². The van der Waals surface area contributed by atoms with Crippen LogP contribution in [0.25, 0.3) is 0 Å². The molecule has 5 nitrogen and oxygen atoms in total. The Hall–Kier alpha value is -2.11. The molecule has 0 aliphatic carbocycles. The van der Waals surface area contributed by atoms with Crippen molar-refractivity contribution in [3.8, 4) is 0 Å². The van der Waals surface area contributed by atoms with Crippen LogP contribution in [0.2, 0.25) is 5.15 Å². The fourth-order valence-electron chi connectivity index (χ4n) is 3.45. The zero-order valence-corrected chi connectivity index (χ0v) is 17.5. The maximum atomic E-state index is 5.84. The number of fused-ring (bicyclic) bond motifs is 1. The Labute approximate surface area is 173 Å². The van der Waals surface area contributed by atoms with E-state index in [1.807, 2.05) is 18.3 Å². The van der Waals surface area contributed by atoms with Crippen molar-refractivity contribution in [3.05, 3.63) is 64.4 Å². The summed E-state index contributed by atoms with van der Waals surface area (Å²) in [6.07, 6.45) is 3.83. The van der Waals surface area contributed by atoms with Gasteiger partial charge in [0.15, 0.2) is 5.96 Å². The second-order valence-electron chi connectivity index (χ2n) is 7.22. The Bertz CT molecular complexity index is 775. The van der Waals surface area contributed by atoms with Gasteiger partial charge < -0.3 is 10.6 Å². The minimum atomic E-state index is 0.407. The van der Waals surface area contributed by atoms with Gasteiger partial charge in [0, 0.05) is 38.4 Å². The van der Waals surface area contributed by atoms with Crippen molar-refractivity contribution >= 4 is 17.6 Å². The van der Waals surface area contributed by atoms with Gasteiger partial charge in [-0.25, -0.2) is 4.98 Å². The number of benzene rings is 1. The molecular weight excluding hydrogens is 370 g/mol. The van der Waals surface area contributed by atoms with Gasteiger partial charge in [0.25, 0.3) is 0 Å². The van der Waals surface area contributed by atoms with E-state index in [4.69, 9.17) is 16.6 Å². The first-order valence-electron chi connectivity index (χ1n) is 10.1. The molecule has 0 fully saturated rings. The summed E-state index contributed by atoms with van der Waals surface area (Å²) in [5.74, 6) is 0.869. The molecule has 1 aliphatic heterocycles. The first kappa shape index (κ1) is 20.6. The lowest BCUT2D eigenvalue weighted by molar-refractivity contribution is 0.195. The molecule has 2 N–H and O–H groups in total. The lowest BCUT2D eigenvalue weighted by atomic mass is 9.99. The van der Waals surface area contributed by atoms with Gasteiger partial charge in [-0.2, -0.15) is 0 Å². The van der Waals surface area contributed by atoms with E-state index < -0.39 is 0 Å². The van der Waals surface area contributed by atoms with Crippen molar-refractivity contribution in [2.24, 2.45) is 4.99 Å². The van der Waals surface area contributed by atoms with Gasteiger partial charge in [0.05, 0.1) is 6.54 Å². The third-order valence-corrected chi connectivity index (χ3v) is 5.36. The van der Waals surface area contributed by atoms with Crippen molar-refractivity contribution in [2.45, 2.75) is 39.3 Å². The number of nitrogens with zero attached hydrogens (tertiary/aromatic N) is 3. The SMILES string of the molecule is CCNC(=NCC(C)N1CCc2ccccc2C1)NCCc1ccc(Cl)nc1. The summed E-state index contributed by atoms with van der Waals surface area (Å²) in [5, 5.41) is 7.28. The minimum absolute atomic E-state index is 0.407. The number of pyridine rings is 1. The summed E-state index contributed by atoms with van der Waals surface area (Å²) in [6.45, 7) is 8.90. The molecule has 2 aromatic rings. The van der Waals surface area contributed by atoms with Crippen LogP contribution in [0.4, 0.5) is 0 Å². The average molecular weight is 400 g/mol. The largest absolute Gasteiger partial charge is 0.357 e. The van der Waals surface area contributed by atoms with Crippen molar-refractivity contribution in [2.75, 3.05) is 26.2 Å². The molecule has 1 unspecified atom stereocenters. The molecule has 0 radical (unpaired) electrons. The van der Waals surface area contributed by atoms with Crippen molar-refractivity contribution in [1.82, 2.24) is 20.5 Å². The van der Waals surface area contributed by atoms with E-state index in [0.717, 1.165) is 57.1 Å². The molecule has 1 aliphatic rings. The minimum Gasteiger partial charge on any atom is -0.357 e. The molecular formula is C22H30ClN5. The van der Waals surface area contributed by atoms with Crippen LogP contribution in [0.3, 0.4) is 0 Å². The van der Waals surface area contributed by atoms with Crippen LogP contribution in [0.5, 0.6) is 0 Å². The van der Waals surface area contributed by atoms with E-state index in [9.17, 15) is 0 Å². The third-order valence-electron chi connectivity index (χ3n) is 5.14. The fraction of sp³-hybridized carbons (Fsp3) is 0.455. The molecule has 6 heteroatoms. The van der Waals surface area contributed by atoms with E-state index in [1.54, 1.807) is 0 Å². The third kappa shape index (κ3) is 5.94. The van der Waals surface area contributed by atoms with E-state index >= 15 is 0 Å². The number of rotatable bonds is 7. The smallest absolute Gasteiger partial charge is 0.191 e. The number of aromatic nitrogens is 1. The number of hydrogen-bond acceptors (Lipinski definition) is 3. The summed E-state index contributed by atoms with van der Waals surface area (Å²) in [5.41, 5.74) is 4.10. The monoisotopic (exact) mass is 399 g/mol. The van der Waals surface area contributed by atoms with Crippen LogP contribution in [-0.4, -0.2) is 48.1 Å². The highest BCUT2D eigenvalue weighted by Crippen LogP contribution is 2.20. The Balaban J connectivity index is 1.50. The predicted octanol–water partition coefficient (Wildman–Crippen LogP) is 3.28. The number of nitrogens with one attached hydrogen (secondary N) is 2. The number of halogens is 1. The highest BCUT2D eigenvalue weighted by Gasteiger charge is 2.20. The topological polar surface area (TPSA) is 52.6 Å². The van der Waals surface area contributed by atoms with Gasteiger partial charge in [-0.1, -0.05) is 41.9 Å². The summed E-state index contributed by atoms with van der Waals surface area (Å²) >= 11 is 5.84. The summed E-state index contributed by atoms with van der Waals surface area (Å²) in [7, 11) is 0. The molecule has 28 heavy (non-hydrogen) atoms. The van der Waals surface area contributed by atoms with E-state index in [2.05, 4.69) is 58.6 Å². The van der Waals surface area contributed by atoms with Crippen molar-refractivity contribution in [3.63, 3.8) is 0 Å². The van der Waals surface area contributed by atoms with Crippen molar-refractivity contribution < 1.29 is 0 Å². The fourth-order valence-corrected chi connectivity index (χ4v) is 3.57. The normalized spacial score (nSPS) is 15.8. The summed E-state index contributed by atoms with van der Waals surface area (Å²) in [4.78, 5) is 11.5. The molecule has 1 atom stereocenters. The van der Waals surface area contributed by atoms with Gasteiger partial charge >= 0.3 is 0 Å². The molecule has 0 saturated carbocycles. The molecule has 3 rings (SSSR count). The molecule has 0 bridgehead atoms. The number of hydrogen-bond donors (Lipinski definition) is 2. The summed E-state index contributed by atoms with van der Waals surface area (Å²) < 4.78 is 0. The lowest BCUT2D eigenvalue weighted by Crippen LogP contribution is -2.42. The van der Waals surface area contributed by atoms with Crippen LogP contribution >= 0.6 is 11.6 Å². The lowest BCUT2D eigenvalue weighted by Gasteiger charge is -2.33. The van der Waals surface area contributed by atoms with E-state index in [0.29, 0.717) is 11.2 Å². The predicted molar refractivity (Wildman–Crippen MR) is 117 cm³/mol. The Morgan fingerprint density at radius 1 is 1.21 bits per heavy atom. The van der Waals surface area contributed by atoms with Crippen molar-refractivity contribution in [1.29, 1.82) is 0 Å².